The summed E-state index contributed by atoms with van der Waals surface area (Å²) < 4.78 is 57.3. The molecule has 0 radical (unpaired) electrons. The highest BCUT2D eigenvalue weighted by Gasteiger charge is 2.47. The van der Waals surface area contributed by atoms with E-state index in [9.17, 15) is 22.5 Å². The molecule has 1 N–H and O–H groups in total. The number of sulfonamides is 1. The number of aromatic nitrogens is 5. The highest BCUT2D eigenvalue weighted by atomic mass is 32.2. The van der Waals surface area contributed by atoms with Crippen molar-refractivity contribution in [2.75, 3.05) is 31.1 Å². The van der Waals surface area contributed by atoms with Crippen molar-refractivity contribution in [1.29, 1.82) is 10.5 Å². The first-order chi connectivity index (χ1) is 19.2. The third-order valence-corrected chi connectivity index (χ3v) is 9.70. The van der Waals surface area contributed by atoms with Gasteiger partial charge < -0.3 is 4.90 Å². The van der Waals surface area contributed by atoms with Gasteiger partial charge in [0.2, 0.25) is 15.2 Å². The van der Waals surface area contributed by atoms with E-state index in [-0.39, 0.29) is 16.1 Å². The Balaban J connectivity index is 1.54. The summed E-state index contributed by atoms with van der Waals surface area (Å²) in [7, 11) is -4.07. The van der Waals surface area contributed by atoms with Crippen LogP contribution in [0.5, 0.6) is 0 Å². The van der Waals surface area contributed by atoms with Crippen molar-refractivity contribution in [3.05, 3.63) is 29.5 Å². The molecule has 0 amide bonds. The molecule has 1 atom stereocenters. The van der Waals surface area contributed by atoms with E-state index in [4.69, 9.17) is 5.26 Å². The Bertz CT molecular complexity index is 1820. The minimum absolute atomic E-state index is 0.0706. The van der Waals surface area contributed by atoms with E-state index in [1.165, 1.54) is 23.0 Å². The molecule has 1 aliphatic heterocycles. The summed E-state index contributed by atoms with van der Waals surface area (Å²) in [6, 6.07) is 8.77. The molecule has 206 valence electrons. The molecule has 16 heteroatoms. The SMILES string of the molecule is CC1CN(c2ncnc3c2c2ccc(S(=O)(=O)NC4(C#N)CC4)cc2n3-c2nnc(C(F)F)s2)CCN1CC#N. The maximum absolute atomic E-state index is 13.4. The largest absolute Gasteiger partial charge is 0.353 e. The fourth-order valence-electron chi connectivity index (χ4n) is 5.00. The number of fused-ring (bicyclic) bond motifs is 3. The van der Waals surface area contributed by atoms with Crippen LogP contribution in [0.15, 0.2) is 29.4 Å². The zero-order chi connectivity index (χ0) is 28.2. The van der Waals surface area contributed by atoms with Crippen LogP contribution in [0.3, 0.4) is 0 Å². The molecule has 2 aliphatic rings. The predicted octanol–water partition coefficient (Wildman–Crippen LogP) is 2.73. The summed E-state index contributed by atoms with van der Waals surface area (Å²) in [6.45, 7) is 4.15. The van der Waals surface area contributed by atoms with Gasteiger partial charge in [0, 0.05) is 31.1 Å². The van der Waals surface area contributed by atoms with Gasteiger partial charge in [0.25, 0.3) is 6.43 Å². The Labute approximate surface area is 231 Å². The van der Waals surface area contributed by atoms with E-state index < -0.39 is 27.0 Å². The highest BCUT2D eigenvalue weighted by molar-refractivity contribution is 7.89. The number of rotatable bonds is 7. The molecule has 4 heterocycles. The van der Waals surface area contributed by atoms with E-state index in [1.54, 1.807) is 6.07 Å². The number of hydrogen-bond donors (Lipinski definition) is 1. The summed E-state index contributed by atoms with van der Waals surface area (Å²) >= 11 is 0.684. The molecule has 1 saturated heterocycles. The molecule has 1 saturated carbocycles. The molecule has 40 heavy (non-hydrogen) atoms. The minimum Gasteiger partial charge on any atom is -0.353 e. The number of nitrogens with zero attached hydrogens (tertiary/aromatic N) is 9. The normalized spacial score (nSPS) is 19.2. The van der Waals surface area contributed by atoms with Crippen LogP contribution in [-0.2, 0) is 10.0 Å². The molecule has 4 aromatic rings. The number of alkyl halides is 2. The van der Waals surface area contributed by atoms with Crippen LogP contribution >= 0.6 is 11.3 Å². The van der Waals surface area contributed by atoms with Crippen LogP contribution in [-0.4, -0.2) is 75.8 Å². The standard InChI is InChI=1S/C24H22F2N10O2S2/c1-14-11-35(9-8-34(14)7-6-27)20-18-16-3-2-15(40(37,38)33-24(12-28)4-5-24)10-17(16)36(21(18)30-13-29-20)23-32-31-22(39-23)19(25)26/h2-3,10,13-14,19,33H,4-5,7-9,11H2,1H3. The Morgan fingerprint density at radius 2 is 2.02 bits per heavy atom. The zero-order valence-corrected chi connectivity index (χ0v) is 22.8. The topological polar surface area (TPSA) is 157 Å². The fraction of sp³-hybridized carbons (Fsp3) is 0.417. The first-order valence-electron chi connectivity index (χ1n) is 12.4. The summed E-state index contributed by atoms with van der Waals surface area (Å²) in [5.41, 5.74) is -0.383. The van der Waals surface area contributed by atoms with Gasteiger partial charge in [-0.25, -0.2) is 27.2 Å². The molecule has 2 fully saturated rings. The second-order valence-corrected chi connectivity index (χ2v) is 12.5. The molecule has 6 rings (SSSR count). The second kappa shape index (κ2) is 9.67. The molecule has 3 aromatic heterocycles. The molecule has 1 aliphatic carbocycles. The van der Waals surface area contributed by atoms with E-state index in [0.717, 1.165) is 0 Å². The number of nitriles is 2. The van der Waals surface area contributed by atoms with Crippen molar-refractivity contribution in [1.82, 2.24) is 34.4 Å². The number of benzene rings is 1. The first kappa shape index (κ1) is 26.4. The van der Waals surface area contributed by atoms with Crippen LogP contribution in [0.4, 0.5) is 14.6 Å². The Kier molecular flexibility index (Phi) is 6.38. The highest BCUT2D eigenvalue weighted by Crippen LogP contribution is 2.40. The van der Waals surface area contributed by atoms with Gasteiger partial charge in [0.05, 0.1) is 34.5 Å². The van der Waals surface area contributed by atoms with Gasteiger partial charge in [-0.05, 0) is 31.9 Å². The van der Waals surface area contributed by atoms with Crippen molar-refractivity contribution in [2.45, 2.75) is 42.7 Å². The van der Waals surface area contributed by atoms with Crippen LogP contribution < -0.4 is 9.62 Å². The minimum atomic E-state index is -4.07. The summed E-state index contributed by atoms with van der Waals surface area (Å²) in [5, 5.41) is 27.0. The van der Waals surface area contributed by atoms with Gasteiger partial charge in [-0.3, -0.25) is 9.47 Å². The third kappa shape index (κ3) is 4.43. The average molecular weight is 585 g/mol. The van der Waals surface area contributed by atoms with E-state index in [1.807, 2.05) is 13.0 Å². The van der Waals surface area contributed by atoms with Gasteiger partial charge in [0.1, 0.15) is 17.7 Å². The van der Waals surface area contributed by atoms with Crippen LogP contribution in [0.1, 0.15) is 31.2 Å². The monoisotopic (exact) mass is 584 g/mol. The van der Waals surface area contributed by atoms with Crippen LogP contribution in [0.25, 0.3) is 27.1 Å². The van der Waals surface area contributed by atoms with Gasteiger partial charge >= 0.3 is 0 Å². The van der Waals surface area contributed by atoms with Gasteiger partial charge in [-0.1, -0.05) is 17.4 Å². The Morgan fingerprint density at radius 1 is 1.23 bits per heavy atom. The Morgan fingerprint density at radius 3 is 2.67 bits per heavy atom. The Hall–Kier alpha value is -3.83. The molecular formula is C24H22F2N10O2S2. The van der Waals surface area contributed by atoms with Crippen LogP contribution in [0, 0.1) is 22.7 Å². The van der Waals surface area contributed by atoms with Gasteiger partial charge in [0.15, 0.2) is 10.7 Å². The lowest BCUT2D eigenvalue weighted by Crippen LogP contribution is -2.52. The smallest absolute Gasteiger partial charge is 0.291 e. The van der Waals surface area contributed by atoms with Gasteiger partial charge in [-0.2, -0.15) is 15.2 Å². The number of anilines is 1. The predicted molar refractivity (Wildman–Crippen MR) is 142 cm³/mol. The molecule has 0 spiro atoms. The number of hydrogen-bond acceptors (Lipinski definition) is 11. The number of nitrogens with one attached hydrogen (secondary N) is 1. The lowest BCUT2D eigenvalue weighted by atomic mass is 10.1. The maximum atomic E-state index is 13.4. The molecule has 1 aromatic carbocycles. The average Bonchev–Trinajstić information content (AvgIpc) is 3.37. The summed E-state index contributed by atoms with van der Waals surface area (Å²) in [4.78, 5) is 13.1. The van der Waals surface area contributed by atoms with E-state index in [2.05, 4.69) is 40.8 Å². The van der Waals surface area contributed by atoms with Crippen molar-refractivity contribution >= 4 is 49.1 Å². The molecule has 0 bridgehead atoms. The van der Waals surface area contributed by atoms with Crippen molar-refractivity contribution < 1.29 is 17.2 Å². The first-order valence-corrected chi connectivity index (χ1v) is 14.7. The lowest BCUT2D eigenvalue weighted by molar-refractivity contribution is 0.150. The van der Waals surface area contributed by atoms with Crippen LogP contribution in [0.2, 0.25) is 0 Å². The van der Waals surface area contributed by atoms with Crippen molar-refractivity contribution in [3.8, 4) is 17.3 Å². The van der Waals surface area contributed by atoms with E-state index >= 15 is 0 Å². The van der Waals surface area contributed by atoms with E-state index in [0.29, 0.717) is 78.1 Å². The van der Waals surface area contributed by atoms with Crippen molar-refractivity contribution in [3.63, 3.8) is 0 Å². The fourth-order valence-corrected chi connectivity index (χ4v) is 7.11. The quantitative estimate of drug-likeness (QED) is 0.320. The molecule has 1 unspecified atom stereocenters. The summed E-state index contributed by atoms with van der Waals surface area (Å²) in [5.74, 6) is 0.603. The zero-order valence-electron chi connectivity index (χ0n) is 21.1. The molecular weight excluding hydrogens is 562 g/mol. The second-order valence-electron chi connectivity index (χ2n) is 9.86. The number of piperazine rings is 1. The lowest BCUT2D eigenvalue weighted by Gasteiger charge is -2.39. The third-order valence-electron chi connectivity index (χ3n) is 7.25. The maximum Gasteiger partial charge on any atom is 0.291 e. The molecule has 12 nitrogen and oxygen atoms in total. The van der Waals surface area contributed by atoms with Crippen molar-refractivity contribution in [2.24, 2.45) is 0 Å². The van der Waals surface area contributed by atoms with Gasteiger partial charge in [-0.15, -0.1) is 10.2 Å². The number of halogens is 2. The summed E-state index contributed by atoms with van der Waals surface area (Å²) in [6.07, 6.45) is -0.606.